The summed E-state index contributed by atoms with van der Waals surface area (Å²) in [5.41, 5.74) is 6.96. The number of likely N-dealkylation sites (tertiary alicyclic amines) is 1. The van der Waals surface area contributed by atoms with E-state index in [9.17, 15) is 4.79 Å². The number of anilines is 2. The Morgan fingerprint density at radius 3 is 3.00 bits per heavy atom. The number of nitrogens with zero attached hydrogens (tertiary/aromatic N) is 1. The predicted molar refractivity (Wildman–Crippen MR) is 83.9 cm³/mol. The van der Waals surface area contributed by atoms with Gasteiger partial charge in [0.15, 0.2) is 0 Å². The normalized spacial score (nSPS) is 20.4. The third kappa shape index (κ3) is 4.39. The molecule has 1 unspecified atom stereocenters. The van der Waals surface area contributed by atoms with E-state index < -0.39 is 0 Å². The van der Waals surface area contributed by atoms with Crippen LogP contribution in [0.2, 0.25) is 5.02 Å². The number of amides is 1. The third-order valence-electron chi connectivity index (χ3n) is 3.76. The molecule has 0 aliphatic carbocycles. The number of rotatable bonds is 3. The van der Waals surface area contributed by atoms with Gasteiger partial charge < -0.3 is 11.1 Å². The van der Waals surface area contributed by atoms with Crippen LogP contribution in [0.3, 0.4) is 0 Å². The molecule has 0 saturated carbocycles. The molecule has 1 amide bonds. The number of nitrogens with two attached hydrogens (primary N) is 1. The van der Waals surface area contributed by atoms with Crippen LogP contribution < -0.4 is 11.1 Å². The predicted octanol–water partition coefficient (Wildman–Crippen LogP) is 2.98. The Morgan fingerprint density at radius 1 is 1.45 bits per heavy atom. The van der Waals surface area contributed by atoms with E-state index in [1.54, 1.807) is 18.2 Å². The van der Waals surface area contributed by atoms with Gasteiger partial charge in [0, 0.05) is 5.02 Å². The Kier molecular flexibility index (Phi) is 5.26. The fourth-order valence-corrected chi connectivity index (χ4v) is 2.70. The van der Waals surface area contributed by atoms with Gasteiger partial charge in [-0.2, -0.15) is 0 Å². The van der Waals surface area contributed by atoms with Gasteiger partial charge in [-0.15, -0.1) is 0 Å². The van der Waals surface area contributed by atoms with Crippen LogP contribution in [0, 0.1) is 5.92 Å². The quantitative estimate of drug-likeness (QED) is 0.843. The van der Waals surface area contributed by atoms with Crippen molar-refractivity contribution in [1.29, 1.82) is 0 Å². The molecule has 1 saturated heterocycles. The van der Waals surface area contributed by atoms with Gasteiger partial charge in [-0.3, -0.25) is 9.69 Å². The van der Waals surface area contributed by atoms with Crippen molar-refractivity contribution in [2.24, 2.45) is 5.92 Å². The monoisotopic (exact) mass is 295 g/mol. The molecular weight excluding hydrogens is 274 g/mol. The summed E-state index contributed by atoms with van der Waals surface area (Å²) in [4.78, 5) is 14.3. The van der Waals surface area contributed by atoms with Crippen molar-refractivity contribution in [3.63, 3.8) is 0 Å². The van der Waals surface area contributed by atoms with E-state index in [1.807, 2.05) is 0 Å². The lowest BCUT2D eigenvalue weighted by molar-refractivity contribution is -0.117. The first-order valence-corrected chi connectivity index (χ1v) is 7.49. The molecule has 4 nitrogen and oxygen atoms in total. The molecule has 0 spiro atoms. The molecule has 110 valence electrons. The number of nitrogen functional groups attached to an aromatic ring is 1. The van der Waals surface area contributed by atoms with Gasteiger partial charge in [0.2, 0.25) is 5.91 Å². The van der Waals surface area contributed by atoms with Gasteiger partial charge in [0.05, 0.1) is 17.9 Å². The number of hydrogen-bond donors (Lipinski definition) is 2. The SMILES string of the molecule is CC1CCCN(CC(=O)Nc2ccc(Cl)cc2N)CC1. The van der Waals surface area contributed by atoms with E-state index in [-0.39, 0.29) is 5.91 Å². The summed E-state index contributed by atoms with van der Waals surface area (Å²) >= 11 is 5.84. The molecule has 1 aromatic rings. The molecule has 1 aliphatic heterocycles. The van der Waals surface area contributed by atoms with Crippen molar-refractivity contribution in [2.75, 3.05) is 30.7 Å². The van der Waals surface area contributed by atoms with Crippen molar-refractivity contribution in [2.45, 2.75) is 26.2 Å². The van der Waals surface area contributed by atoms with Crippen molar-refractivity contribution < 1.29 is 4.79 Å². The zero-order valence-corrected chi connectivity index (χ0v) is 12.6. The fourth-order valence-electron chi connectivity index (χ4n) is 2.52. The van der Waals surface area contributed by atoms with Crippen molar-refractivity contribution in [3.8, 4) is 0 Å². The van der Waals surface area contributed by atoms with E-state index in [0.29, 0.717) is 22.9 Å². The Morgan fingerprint density at radius 2 is 2.25 bits per heavy atom. The van der Waals surface area contributed by atoms with Crippen molar-refractivity contribution in [1.82, 2.24) is 4.90 Å². The second-order valence-electron chi connectivity index (χ2n) is 5.59. The number of benzene rings is 1. The van der Waals surface area contributed by atoms with Crippen LogP contribution in [0.25, 0.3) is 0 Å². The Hall–Kier alpha value is -1.26. The van der Waals surface area contributed by atoms with Gasteiger partial charge in [-0.05, 0) is 56.5 Å². The van der Waals surface area contributed by atoms with E-state index >= 15 is 0 Å². The van der Waals surface area contributed by atoms with Crippen molar-refractivity contribution >= 4 is 28.9 Å². The zero-order chi connectivity index (χ0) is 14.5. The molecule has 3 N–H and O–H groups in total. The van der Waals surface area contributed by atoms with Crippen LogP contribution in [0.1, 0.15) is 26.2 Å². The van der Waals surface area contributed by atoms with E-state index in [2.05, 4.69) is 17.1 Å². The molecule has 1 atom stereocenters. The molecule has 2 rings (SSSR count). The van der Waals surface area contributed by atoms with Gasteiger partial charge in [-0.25, -0.2) is 0 Å². The molecule has 1 heterocycles. The van der Waals surface area contributed by atoms with Crippen LogP contribution in [0.15, 0.2) is 18.2 Å². The number of carbonyl (C=O) groups excluding carboxylic acids is 1. The summed E-state index contributed by atoms with van der Waals surface area (Å²) in [5, 5.41) is 3.42. The Balaban J connectivity index is 1.88. The molecular formula is C15H22ClN3O. The summed E-state index contributed by atoms with van der Waals surface area (Å²) < 4.78 is 0. The zero-order valence-electron chi connectivity index (χ0n) is 11.9. The van der Waals surface area contributed by atoms with Gasteiger partial charge >= 0.3 is 0 Å². The first-order chi connectivity index (χ1) is 9.54. The van der Waals surface area contributed by atoms with Crippen LogP contribution in [-0.2, 0) is 4.79 Å². The first-order valence-electron chi connectivity index (χ1n) is 7.12. The Bertz CT molecular complexity index is 478. The van der Waals surface area contributed by atoms with Crippen LogP contribution in [0.4, 0.5) is 11.4 Å². The smallest absolute Gasteiger partial charge is 0.238 e. The minimum Gasteiger partial charge on any atom is -0.397 e. The molecule has 1 aromatic carbocycles. The second kappa shape index (κ2) is 6.95. The summed E-state index contributed by atoms with van der Waals surface area (Å²) in [6.07, 6.45) is 3.58. The van der Waals surface area contributed by atoms with E-state index in [0.717, 1.165) is 31.8 Å². The average molecular weight is 296 g/mol. The lowest BCUT2D eigenvalue weighted by Gasteiger charge is -2.19. The minimum absolute atomic E-state index is 0.0198. The molecule has 1 aliphatic rings. The molecule has 0 aromatic heterocycles. The highest BCUT2D eigenvalue weighted by Crippen LogP contribution is 2.22. The maximum atomic E-state index is 12.1. The largest absolute Gasteiger partial charge is 0.397 e. The maximum absolute atomic E-state index is 12.1. The highest BCUT2D eigenvalue weighted by Gasteiger charge is 2.16. The molecule has 1 fully saturated rings. The van der Waals surface area contributed by atoms with Crippen LogP contribution >= 0.6 is 11.6 Å². The average Bonchev–Trinajstić information content (AvgIpc) is 2.58. The van der Waals surface area contributed by atoms with E-state index in [1.165, 1.54) is 6.42 Å². The topological polar surface area (TPSA) is 58.4 Å². The van der Waals surface area contributed by atoms with E-state index in [4.69, 9.17) is 17.3 Å². The Labute approximate surface area is 125 Å². The summed E-state index contributed by atoms with van der Waals surface area (Å²) in [6.45, 7) is 4.69. The lowest BCUT2D eigenvalue weighted by Crippen LogP contribution is -2.34. The lowest BCUT2D eigenvalue weighted by atomic mass is 10.0. The van der Waals surface area contributed by atoms with Gasteiger partial charge in [0.25, 0.3) is 0 Å². The highest BCUT2D eigenvalue weighted by atomic mass is 35.5. The molecule has 0 bridgehead atoms. The minimum atomic E-state index is -0.0198. The summed E-state index contributed by atoms with van der Waals surface area (Å²) in [7, 11) is 0. The standard InChI is InChI=1S/C15H22ClN3O/c1-11-3-2-7-19(8-6-11)10-15(20)18-14-5-4-12(16)9-13(14)17/h4-5,9,11H,2-3,6-8,10,17H2,1H3,(H,18,20). The second-order valence-corrected chi connectivity index (χ2v) is 6.03. The fraction of sp³-hybridized carbons (Fsp3) is 0.533. The first kappa shape index (κ1) is 15.1. The number of carbonyl (C=O) groups is 1. The summed E-state index contributed by atoms with van der Waals surface area (Å²) in [6, 6.07) is 5.10. The number of nitrogens with one attached hydrogen (secondary N) is 1. The van der Waals surface area contributed by atoms with Gasteiger partial charge in [0.1, 0.15) is 0 Å². The molecule has 0 radical (unpaired) electrons. The summed E-state index contributed by atoms with van der Waals surface area (Å²) in [5.74, 6) is 0.739. The van der Waals surface area contributed by atoms with Crippen LogP contribution in [0.5, 0.6) is 0 Å². The molecule has 20 heavy (non-hydrogen) atoms. The highest BCUT2D eigenvalue weighted by molar-refractivity contribution is 6.31. The molecule has 5 heteroatoms. The van der Waals surface area contributed by atoms with Crippen LogP contribution in [-0.4, -0.2) is 30.4 Å². The van der Waals surface area contributed by atoms with Gasteiger partial charge in [-0.1, -0.05) is 18.5 Å². The third-order valence-corrected chi connectivity index (χ3v) is 4.00. The maximum Gasteiger partial charge on any atom is 0.238 e. The number of halogens is 1. The number of hydrogen-bond acceptors (Lipinski definition) is 3. The van der Waals surface area contributed by atoms with Crippen molar-refractivity contribution in [3.05, 3.63) is 23.2 Å².